The zero-order chi connectivity index (χ0) is 14.9. The van der Waals surface area contributed by atoms with Crippen LogP contribution in [-0.2, 0) is 0 Å². The van der Waals surface area contributed by atoms with Gasteiger partial charge in [0, 0.05) is 18.6 Å². The van der Waals surface area contributed by atoms with Gasteiger partial charge in [-0.05, 0) is 38.6 Å². The fourth-order valence-electron chi connectivity index (χ4n) is 4.10. The number of hydrogen-bond acceptors (Lipinski definition) is 3. The van der Waals surface area contributed by atoms with Crippen LogP contribution in [0.15, 0.2) is 0 Å². The van der Waals surface area contributed by atoms with Gasteiger partial charge in [0.1, 0.15) is 6.04 Å². The molecule has 0 bridgehead atoms. The van der Waals surface area contributed by atoms with Gasteiger partial charge in [-0.3, -0.25) is 4.90 Å². The molecule has 0 spiro atoms. The molecule has 0 aromatic carbocycles. The first-order valence-corrected chi connectivity index (χ1v) is 9.24. The van der Waals surface area contributed by atoms with E-state index < -0.39 is 0 Å². The molecule has 1 unspecified atom stereocenters. The van der Waals surface area contributed by atoms with Crippen molar-refractivity contribution in [2.45, 2.75) is 95.7 Å². The van der Waals surface area contributed by atoms with E-state index in [0.29, 0.717) is 0 Å². The molecule has 2 fully saturated rings. The third-order valence-corrected chi connectivity index (χ3v) is 5.28. The monoisotopic (exact) mass is 291 g/mol. The van der Waals surface area contributed by atoms with E-state index in [1.165, 1.54) is 64.2 Å². The van der Waals surface area contributed by atoms with Gasteiger partial charge in [0.25, 0.3) is 0 Å². The largest absolute Gasteiger partial charge is 0.301 e. The summed E-state index contributed by atoms with van der Waals surface area (Å²) in [7, 11) is 0. The zero-order valence-electron chi connectivity index (χ0n) is 13.8. The Morgan fingerprint density at radius 1 is 1.00 bits per heavy atom. The Bertz CT molecular complexity index is 293. The average molecular weight is 291 g/mol. The highest BCUT2D eigenvalue weighted by Crippen LogP contribution is 2.30. The SMILES string of the molecule is CCCNC(C#N)CN(C1CCCCC1)C1CCCCC1. The highest BCUT2D eigenvalue weighted by molar-refractivity contribution is 4.95. The lowest BCUT2D eigenvalue weighted by atomic mass is 9.88. The van der Waals surface area contributed by atoms with E-state index in [9.17, 15) is 5.26 Å². The van der Waals surface area contributed by atoms with Crippen molar-refractivity contribution >= 4 is 0 Å². The van der Waals surface area contributed by atoms with Crippen molar-refractivity contribution in [3.05, 3.63) is 0 Å². The molecular weight excluding hydrogens is 258 g/mol. The molecule has 0 amide bonds. The Balaban J connectivity index is 1.97. The average Bonchev–Trinajstić information content (AvgIpc) is 2.57. The third-order valence-electron chi connectivity index (χ3n) is 5.28. The highest BCUT2D eigenvalue weighted by atomic mass is 15.2. The van der Waals surface area contributed by atoms with Gasteiger partial charge in [0.05, 0.1) is 6.07 Å². The molecule has 2 aliphatic rings. The van der Waals surface area contributed by atoms with Crippen molar-refractivity contribution in [3.8, 4) is 6.07 Å². The topological polar surface area (TPSA) is 39.1 Å². The fourth-order valence-corrected chi connectivity index (χ4v) is 4.10. The molecule has 0 aliphatic heterocycles. The smallest absolute Gasteiger partial charge is 0.108 e. The lowest BCUT2D eigenvalue weighted by molar-refractivity contribution is 0.0758. The predicted molar refractivity (Wildman–Crippen MR) is 88.1 cm³/mol. The maximum atomic E-state index is 9.46. The Morgan fingerprint density at radius 3 is 1.95 bits per heavy atom. The molecule has 0 radical (unpaired) electrons. The Morgan fingerprint density at radius 2 is 1.52 bits per heavy atom. The summed E-state index contributed by atoms with van der Waals surface area (Å²) in [5.41, 5.74) is 0. The Labute approximate surface area is 131 Å². The summed E-state index contributed by atoms with van der Waals surface area (Å²) >= 11 is 0. The Kier molecular flexibility index (Phi) is 7.53. The predicted octanol–water partition coefficient (Wildman–Crippen LogP) is 3.85. The van der Waals surface area contributed by atoms with Crippen molar-refractivity contribution in [1.82, 2.24) is 10.2 Å². The molecule has 0 aromatic heterocycles. The molecule has 2 saturated carbocycles. The number of nitrogens with one attached hydrogen (secondary N) is 1. The van der Waals surface area contributed by atoms with Crippen molar-refractivity contribution in [3.63, 3.8) is 0 Å². The fraction of sp³-hybridized carbons (Fsp3) is 0.944. The van der Waals surface area contributed by atoms with Gasteiger partial charge in [-0.25, -0.2) is 0 Å². The lowest BCUT2D eigenvalue weighted by Gasteiger charge is -2.42. The van der Waals surface area contributed by atoms with Crippen LogP contribution in [0.25, 0.3) is 0 Å². The molecule has 3 heteroatoms. The van der Waals surface area contributed by atoms with E-state index >= 15 is 0 Å². The number of rotatable bonds is 7. The summed E-state index contributed by atoms with van der Waals surface area (Å²) in [4.78, 5) is 2.73. The lowest BCUT2D eigenvalue weighted by Crippen LogP contribution is -2.51. The second-order valence-electron chi connectivity index (χ2n) is 6.92. The van der Waals surface area contributed by atoms with Crippen molar-refractivity contribution in [2.75, 3.05) is 13.1 Å². The summed E-state index contributed by atoms with van der Waals surface area (Å²) < 4.78 is 0. The van der Waals surface area contributed by atoms with Crippen LogP contribution >= 0.6 is 0 Å². The first kappa shape index (κ1) is 16.8. The zero-order valence-corrected chi connectivity index (χ0v) is 13.8. The van der Waals surface area contributed by atoms with Crippen LogP contribution in [0.1, 0.15) is 77.6 Å². The molecule has 120 valence electrons. The second kappa shape index (κ2) is 9.43. The summed E-state index contributed by atoms with van der Waals surface area (Å²) in [5.74, 6) is 0. The van der Waals surface area contributed by atoms with Crippen LogP contribution in [0.5, 0.6) is 0 Å². The van der Waals surface area contributed by atoms with Gasteiger partial charge in [-0.15, -0.1) is 0 Å². The van der Waals surface area contributed by atoms with E-state index in [2.05, 4.69) is 23.2 Å². The van der Waals surface area contributed by atoms with Gasteiger partial charge in [-0.2, -0.15) is 5.26 Å². The minimum Gasteiger partial charge on any atom is -0.301 e. The van der Waals surface area contributed by atoms with Crippen molar-refractivity contribution in [2.24, 2.45) is 0 Å². The van der Waals surface area contributed by atoms with E-state index in [4.69, 9.17) is 0 Å². The minimum atomic E-state index is 0.00815. The van der Waals surface area contributed by atoms with Gasteiger partial charge in [-0.1, -0.05) is 45.4 Å². The van der Waals surface area contributed by atoms with E-state index in [1.807, 2.05) is 0 Å². The van der Waals surface area contributed by atoms with Crippen LogP contribution < -0.4 is 5.32 Å². The quantitative estimate of drug-likeness (QED) is 0.774. The molecule has 0 aromatic rings. The number of nitriles is 1. The van der Waals surface area contributed by atoms with Crippen LogP contribution in [0.2, 0.25) is 0 Å². The van der Waals surface area contributed by atoms with Crippen LogP contribution in [0.4, 0.5) is 0 Å². The van der Waals surface area contributed by atoms with Crippen molar-refractivity contribution < 1.29 is 0 Å². The van der Waals surface area contributed by atoms with Crippen molar-refractivity contribution in [1.29, 1.82) is 5.26 Å². The molecule has 0 heterocycles. The normalized spacial score (nSPS) is 23.1. The molecule has 1 N–H and O–H groups in total. The molecular formula is C18H33N3. The minimum absolute atomic E-state index is 0.00815. The van der Waals surface area contributed by atoms with E-state index in [-0.39, 0.29) is 6.04 Å². The van der Waals surface area contributed by atoms with Gasteiger partial charge in [0.15, 0.2) is 0 Å². The second-order valence-corrected chi connectivity index (χ2v) is 6.92. The maximum Gasteiger partial charge on any atom is 0.108 e. The van der Waals surface area contributed by atoms with Gasteiger partial charge < -0.3 is 5.32 Å². The first-order valence-electron chi connectivity index (χ1n) is 9.24. The third kappa shape index (κ3) is 5.27. The van der Waals surface area contributed by atoms with Crippen LogP contribution in [0, 0.1) is 11.3 Å². The molecule has 2 aliphatic carbocycles. The molecule has 3 nitrogen and oxygen atoms in total. The molecule has 1 atom stereocenters. The number of hydrogen-bond donors (Lipinski definition) is 1. The number of nitrogens with zero attached hydrogens (tertiary/aromatic N) is 2. The molecule has 2 rings (SSSR count). The molecule has 0 saturated heterocycles. The van der Waals surface area contributed by atoms with E-state index in [0.717, 1.165) is 31.6 Å². The summed E-state index contributed by atoms with van der Waals surface area (Å²) in [6, 6.07) is 3.98. The highest BCUT2D eigenvalue weighted by Gasteiger charge is 2.30. The van der Waals surface area contributed by atoms with Gasteiger partial charge in [0.2, 0.25) is 0 Å². The Hall–Kier alpha value is -0.590. The molecule has 21 heavy (non-hydrogen) atoms. The maximum absolute atomic E-state index is 9.46. The summed E-state index contributed by atoms with van der Waals surface area (Å²) in [6.45, 7) is 4.06. The van der Waals surface area contributed by atoms with Crippen LogP contribution in [-0.4, -0.2) is 36.1 Å². The van der Waals surface area contributed by atoms with E-state index in [1.54, 1.807) is 0 Å². The summed E-state index contributed by atoms with van der Waals surface area (Å²) in [5, 5.41) is 12.9. The van der Waals surface area contributed by atoms with Crippen LogP contribution in [0.3, 0.4) is 0 Å². The standard InChI is InChI=1S/C18H33N3/c1-2-13-20-16(14-19)15-21(17-9-5-3-6-10-17)18-11-7-4-8-12-18/h16-18,20H,2-13,15H2,1H3. The first-order chi connectivity index (χ1) is 10.3. The van der Waals surface area contributed by atoms with Gasteiger partial charge >= 0.3 is 0 Å². The summed E-state index contributed by atoms with van der Waals surface area (Å²) in [6.07, 6.45) is 14.8.